The lowest BCUT2D eigenvalue weighted by molar-refractivity contribution is -0.685. The SMILES string of the molecule is CCCCCC[C@@H](C)N(CCO)C(=O)C[n+]1ccccc1. The molecule has 1 amide bonds. The van der Waals surface area contributed by atoms with Crippen LogP contribution in [0.4, 0.5) is 0 Å². The maximum Gasteiger partial charge on any atom is 0.288 e. The molecule has 1 aromatic heterocycles. The van der Waals surface area contributed by atoms with E-state index in [1.807, 2.05) is 40.1 Å². The zero-order valence-electron chi connectivity index (χ0n) is 13.4. The second-order valence-electron chi connectivity index (χ2n) is 5.56. The van der Waals surface area contributed by atoms with Crippen LogP contribution in [0.2, 0.25) is 0 Å². The van der Waals surface area contributed by atoms with Crippen molar-refractivity contribution < 1.29 is 14.5 Å². The quantitative estimate of drug-likeness (QED) is 0.531. The number of aromatic nitrogens is 1. The maximum absolute atomic E-state index is 12.4. The van der Waals surface area contributed by atoms with Gasteiger partial charge in [-0.1, -0.05) is 38.7 Å². The average molecular weight is 293 g/mol. The molecule has 0 radical (unpaired) electrons. The molecule has 1 aromatic rings. The molecule has 0 unspecified atom stereocenters. The Morgan fingerprint density at radius 3 is 2.52 bits per heavy atom. The highest BCUT2D eigenvalue weighted by Crippen LogP contribution is 2.11. The number of nitrogens with zero attached hydrogens (tertiary/aromatic N) is 2. The van der Waals surface area contributed by atoms with Gasteiger partial charge in [-0.25, -0.2) is 0 Å². The van der Waals surface area contributed by atoms with Gasteiger partial charge in [0.15, 0.2) is 12.4 Å². The molecule has 1 atom stereocenters. The van der Waals surface area contributed by atoms with Crippen LogP contribution in [-0.4, -0.2) is 35.1 Å². The maximum atomic E-state index is 12.4. The van der Waals surface area contributed by atoms with E-state index in [2.05, 4.69) is 13.8 Å². The Morgan fingerprint density at radius 1 is 1.19 bits per heavy atom. The van der Waals surface area contributed by atoms with E-state index < -0.39 is 0 Å². The number of pyridine rings is 1. The fourth-order valence-corrected chi connectivity index (χ4v) is 2.51. The Balaban J connectivity index is 2.52. The van der Waals surface area contributed by atoms with Crippen molar-refractivity contribution in [3.8, 4) is 0 Å². The first-order valence-corrected chi connectivity index (χ1v) is 8.03. The standard InChI is InChI=1S/C17H29N2O2/c1-3-4-5-7-10-16(2)19(13-14-20)17(21)15-18-11-8-6-9-12-18/h6,8-9,11-12,16,20H,3-5,7,10,13-15H2,1-2H3/q+1/t16-/m1/s1. The molecular formula is C17H29N2O2+. The van der Waals surface area contributed by atoms with Crippen LogP contribution in [0.25, 0.3) is 0 Å². The second kappa shape index (κ2) is 10.3. The number of carbonyl (C=O) groups is 1. The molecule has 1 N–H and O–H groups in total. The van der Waals surface area contributed by atoms with Crippen molar-refractivity contribution in [2.24, 2.45) is 0 Å². The summed E-state index contributed by atoms with van der Waals surface area (Å²) in [6, 6.07) is 5.95. The van der Waals surface area contributed by atoms with Crippen molar-refractivity contribution in [3.63, 3.8) is 0 Å². The molecule has 0 aliphatic carbocycles. The van der Waals surface area contributed by atoms with Crippen LogP contribution in [-0.2, 0) is 11.3 Å². The van der Waals surface area contributed by atoms with Gasteiger partial charge < -0.3 is 10.0 Å². The van der Waals surface area contributed by atoms with Gasteiger partial charge >= 0.3 is 0 Å². The van der Waals surface area contributed by atoms with E-state index in [-0.39, 0.29) is 18.6 Å². The zero-order valence-corrected chi connectivity index (χ0v) is 13.4. The first-order valence-electron chi connectivity index (χ1n) is 8.03. The predicted molar refractivity (Wildman–Crippen MR) is 83.7 cm³/mol. The molecule has 1 rings (SSSR count). The van der Waals surface area contributed by atoms with Crippen LogP contribution >= 0.6 is 0 Å². The number of rotatable bonds is 10. The van der Waals surface area contributed by atoms with E-state index in [1.54, 1.807) is 0 Å². The van der Waals surface area contributed by atoms with Crippen LogP contribution in [0, 0.1) is 0 Å². The molecule has 0 bridgehead atoms. The first-order chi connectivity index (χ1) is 10.2. The van der Waals surface area contributed by atoms with Gasteiger partial charge in [0.1, 0.15) is 0 Å². The summed E-state index contributed by atoms with van der Waals surface area (Å²) in [5, 5.41) is 9.21. The second-order valence-corrected chi connectivity index (χ2v) is 5.56. The number of unbranched alkanes of at least 4 members (excludes halogenated alkanes) is 3. The van der Waals surface area contributed by atoms with Crippen molar-refractivity contribution in [2.45, 2.75) is 58.5 Å². The molecule has 0 saturated heterocycles. The van der Waals surface area contributed by atoms with Crippen molar-refractivity contribution >= 4 is 5.91 Å². The summed E-state index contributed by atoms with van der Waals surface area (Å²) >= 11 is 0. The molecule has 0 saturated carbocycles. The van der Waals surface area contributed by atoms with E-state index in [4.69, 9.17) is 0 Å². The molecule has 0 aliphatic heterocycles. The molecule has 0 fully saturated rings. The Hall–Kier alpha value is -1.42. The third kappa shape index (κ3) is 6.71. The minimum Gasteiger partial charge on any atom is -0.395 e. The first kappa shape index (κ1) is 17.6. The van der Waals surface area contributed by atoms with Crippen molar-refractivity contribution in [1.29, 1.82) is 0 Å². The largest absolute Gasteiger partial charge is 0.395 e. The van der Waals surface area contributed by atoms with Gasteiger partial charge in [0, 0.05) is 24.7 Å². The summed E-state index contributed by atoms with van der Waals surface area (Å²) in [6.07, 6.45) is 9.62. The van der Waals surface area contributed by atoms with Gasteiger partial charge in [-0.05, 0) is 13.3 Å². The van der Waals surface area contributed by atoms with Gasteiger partial charge in [0.25, 0.3) is 5.91 Å². The Labute approximate surface area is 128 Å². The summed E-state index contributed by atoms with van der Waals surface area (Å²) < 4.78 is 1.87. The third-order valence-electron chi connectivity index (χ3n) is 3.76. The van der Waals surface area contributed by atoms with Gasteiger partial charge in [-0.2, -0.15) is 4.57 Å². The number of carbonyl (C=O) groups excluding carboxylic acids is 1. The lowest BCUT2D eigenvalue weighted by Gasteiger charge is -2.27. The van der Waals surface area contributed by atoms with Crippen LogP contribution < -0.4 is 4.57 Å². The molecule has 0 aliphatic rings. The molecule has 4 nitrogen and oxygen atoms in total. The van der Waals surface area contributed by atoms with Crippen LogP contribution in [0.5, 0.6) is 0 Å². The van der Waals surface area contributed by atoms with Crippen LogP contribution in [0.1, 0.15) is 46.0 Å². The van der Waals surface area contributed by atoms with Crippen molar-refractivity contribution in [3.05, 3.63) is 30.6 Å². The van der Waals surface area contributed by atoms with Crippen LogP contribution in [0.15, 0.2) is 30.6 Å². The summed E-state index contributed by atoms with van der Waals surface area (Å²) in [6.45, 7) is 5.04. The number of amides is 1. The molecular weight excluding hydrogens is 264 g/mol. The normalized spacial score (nSPS) is 12.1. The molecule has 4 heteroatoms. The summed E-state index contributed by atoms with van der Waals surface area (Å²) in [5.74, 6) is 0.0724. The monoisotopic (exact) mass is 293 g/mol. The molecule has 118 valence electrons. The Bertz CT molecular complexity index is 395. The predicted octanol–water partition coefficient (Wildman–Crippen LogP) is 2.15. The van der Waals surface area contributed by atoms with E-state index in [0.717, 1.165) is 12.8 Å². The lowest BCUT2D eigenvalue weighted by Crippen LogP contribution is -2.48. The highest BCUT2D eigenvalue weighted by molar-refractivity contribution is 5.75. The fraction of sp³-hybridized carbons (Fsp3) is 0.647. The Kier molecular flexibility index (Phi) is 8.67. The highest BCUT2D eigenvalue weighted by Gasteiger charge is 2.22. The number of hydrogen-bond donors (Lipinski definition) is 1. The zero-order chi connectivity index (χ0) is 15.5. The van der Waals surface area contributed by atoms with Crippen molar-refractivity contribution in [2.75, 3.05) is 13.2 Å². The van der Waals surface area contributed by atoms with Gasteiger partial charge in [-0.3, -0.25) is 4.79 Å². The smallest absolute Gasteiger partial charge is 0.288 e. The number of hydrogen-bond acceptors (Lipinski definition) is 2. The van der Waals surface area contributed by atoms with E-state index in [1.165, 1.54) is 19.3 Å². The molecule has 21 heavy (non-hydrogen) atoms. The summed E-state index contributed by atoms with van der Waals surface area (Å²) in [4.78, 5) is 14.2. The topological polar surface area (TPSA) is 44.4 Å². The van der Waals surface area contributed by atoms with E-state index >= 15 is 0 Å². The average Bonchev–Trinajstić information content (AvgIpc) is 2.50. The summed E-state index contributed by atoms with van der Waals surface area (Å²) in [5.41, 5.74) is 0. The number of aliphatic hydroxyl groups excluding tert-OH is 1. The van der Waals surface area contributed by atoms with Gasteiger partial charge in [0.2, 0.25) is 6.54 Å². The lowest BCUT2D eigenvalue weighted by atomic mass is 10.1. The Morgan fingerprint density at radius 2 is 1.90 bits per heavy atom. The molecule has 0 aromatic carbocycles. The third-order valence-corrected chi connectivity index (χ3v) is 3.76. The van der Waals surface area contributed by atoms with Gasteiger partial charge in [0.05, 0.1) is 6.61 Å². The molecule has 0 spiro atoms. The highest BCUT2D eigenvalue weighted by atomic mass is 16.3. The number of aliphatic hydroxyl groups is 1. The van der Waals surface area contributed by atoms with Crippen molar-refractivity contribution in [1.82, 2.24) is 4.90 Å². The van der Waals surface area contributed by atoms with E-state index in [0.29, 0.717) is 13.1 Å². The van der Waals surface area contributed by atoms with Crippen LogP contribution in [0.3, 0.4) is 0 Å². The summed E-state index contributed by atoms with van der Waals surface area (Å²) in [7, 11) is 0. The van der Waals surface area contributed by atoms with Gasteiger partial charge in [-0.15, -0.1) is 0 Å². The molecule has 1 heterocycles. The fourth-order valence-electron chi connectivity index (χ4n) is 2.51. The minimum atomic E-state index is 0.0183. The van der Waals surface area contributed by atoms with E-state index in [9.17, 15) is 9.90 Å². The minimum absolute atomic E-state index is 0.0183.